The second-order valence-corrected chi connectivity index (χ2v) is 5.48. The van der Waals surface area contributed by atoms with E-state index in [2.05, 4.69) is 9.71 Å². The van der Waals surface area contributed by atoms with Crippen molar-refractivity contribution in [3.8, 4) is 0 Å². The molecule has 1 aromatic rings. The first-order valence-electron chi connectivity index (χ1n) is 5.67. The Bertz CT molecular complexity index is 509. The molecule has 0 fully saturated rings. The fourth-order valence-corrected chi connectivity index (χ4v) is 2.94. The Morgan fingerprint density at radius 1 is 1.56 bits per heavy atom. The molecule has 1 heterocycles. The third-order valence-electron chi connectivity index (χ3n) is 2.46. The van der Waals surface area contributed by atoms with Crippen LogP contribution in [0, 0.1) is 0 Å². The average molecular weight is 275 g/mol. The molecule has 1 atom stereocenters. The van der Waals surface area contributed by atoms with Gasteiger partial charge in [0, 0.05) is 6.54 Å². The first-order chi connectivity index (χ1) is 8.42. The van der Waals surface area contributed by atoms with Crippen LogP contribution in [0.15, 0.2) is 17.6 Å². The highest BCUT2D eigenvalue weighted by Crippen LogP contribution is 2.10. The van der Waals surface area contributed by atoms with Crippen LogP contribution in [0.2, 0.25) is 0 Å². The fourth-order valence-electron chi connectivity index (χ4n) is 1.54. The Labute approximate surface area is 106 Å². The summed E-state index contributed by atoms with van der Waals surface area (Å²) in [7, 11) is -3.86. The summed E-state index contributed by atoms with van der Waals surface area (Å²) in [4.78, 5) is 14.7. The molecule has 0 aromatic carbocycles. The van der Waals surface area contributed by atoms with Gasteiger partial charge < -0.3 is 9.67 Å². The SMILES string of the molecule is CCCC(NS(=O)(=O)c1cncn1CC)C(=O)O. The number of nitrogens with one attached hydrogen (secondary N) is 1. The fraction of sp³-hybridized carbons (Fsp3) is 0.600. The van der Waals surface area contributed by atoms with Crippen LogP contribution in [-0.4, -0.2) is 35.1 Å². The van der Waals surface area contributed by atoms with Crippen LogP contribution in [0.5, 0.6) is 0 Å². The Hall–Kier alpha value is -1.41. The Morgan fingerprint density at radius 3 is 2.72 bits per heavy atom. The van der Waals surface area contributed by atoms with E-state index < -0.39 is 22.0 Å². The van der Waals surface area contributed by atoms with E-state index in [9.17, 15) is 13.2 Å². The first-order valence-corrected chi connectivity index (χ1v) is 7.16. The second kappa shape index (κ2) is 5.96. The van der Waals surface area contributed by atoms with Crippen molar-refractivity contribution >= 4 is 16.0 Å². The van der Waals surface area contributed by atoms with E-state index in [4.69, 9.17) is 5.11 Å². The average Bonchev–Trinajstić information content (AvgIpc) is 2.76. The first kappa shape index (κ1) is 14.7. The molecule has 18 heavy (non-hydrogen) atoms. The summed E-state index contributed by atoms with van der Waals surface area (Å²) in [5, 5.41) is 8.92. The molecule has 0 saturated carbocycles. The highest BCUT2D eigenvalue weighted by Gasteiger charge is 2.26. The van der Waals surface area contributed by atoms with E-state index in [-0.39, 0.29) is 11.4 Å². The van der Waals surface area contributed by atoms with Gasteiger partial charge >= 0.3 is 5.97 Å². The topological polar surface area (TPSA) is 101 Å². The van der Waals surface area contributed by atoms with Gasteiger partial charge in [0.1, 0.15) is 6.04 Å². The van der Waals surface area contributed by atoms with Gasteiger partial charge in [-0.1, -0.05) is 13.3 Å². The minimum atomic E-state index is -3.86. The van der Waals surface area contributed by atoms with E-state index in [1.54, 1.807) is 13.8 Å². The van der Waals surface area contributed by atoms with Gasteiger partial charge in [0.2, 0.25) is 0 Å². The quantitative estimate of drug-likeness (QED) is 0.751. The van der Waals surface area contributed by atoms with Crippen LogP contribution in [0.4, 0.5) is 0 Å². The highest BCUT2D eigenvalue weighted by atomic mass is 32.2. The lowest BCUT2D eigenvalue weighted by Crippen LogP contribution is -2.41. The molecule has 1 rings (SSSR count). The molecule has 0 saturated heterocycles. The number of carboxylic acid groups (broad SMARTS) is 1. The number of sulfonamides is 1. The Morgan fingerprint density at radius 2 is 2.22 bits per heavy atom. The summed E-state index contributed by atoms with van der Waals surface area (Å²) < 4.78 is 27.7. The molecule has 1 aromatic heterocycles. The molecule has 0 aliphatic rings. The van der Waals surface area contributed by atoms with Crippen molar-refractivity contribution in [2.24, 2.45) is 0 Å². The predicted molar refractivity (Wildman–Crippen MR) is 64.6 cm³/mol. The number of imidazole rings is 1. The van der Waals surface area contributed by atoms with E-state index in [1.807, 2.05) is 0 Å². The van der Waals surface area contributed by atoms with Gasteiger partial charge in [-0.3, -0.25) is 4.79 Å². The minimum Gasteiger partial charge on any atom is -0.480 e. The summed E-state index contributed by atoms with van der Waals surface area (Å²) in [6.45, 7) is 4.02. The molecular formula is C10H17N3O4S. The van der Waals surface area contributed by atoms with Crippen LogP contribution >= 0.6 is 0 Å². The monoisotopic (exact) mass is 275 g/mol. The van der Waals surface area contributed by atoms with Crippen LogP contribution in [0.3, 0.4) is 0 Å². The Balaban J connectivity index is 2.97. The van der Waals surface area contributed by atoms with Gasteiger partial charge in [-0.15, -0.1) is 0 Å². The number of nitrogens with zero attached hydrogens (tertiary/aromatic N) is 2. The van der Waals surface area contributed by atoms with Gasteiger partial charge in [0.25, 0.3) is 10.0 Å². The zero-order chi connectivity index (χ0) is 13.8. The summed E-state index contributed by atoms with van der Waals surface area (Å²) in [5.41, 5.74) is 0. The molecule has 0 radical (unpaired) electrons. The predicted octanol–water partition coefficient (Wildman–Crippen LogP) is 0.435. The molecular weight excluding hydrogens is 258 g/mol. The maximum absolute atomic E-state index is 12.0. The van der Waals surface area contributed by atoms with Gasteiger partial charge in [-0.25, -0.2) is 13.4 Å². The van der Waals surface area contributed by atoms with Gasteiger partial charge in [0.05, 0.1) is 12.5 Å². The standard InChI is InChI=1S/C10H17N3O4S/c1-3-5-8(10(14)15)12-18(16,17)9-6-11-7-13(9)4-2/h6-8,12H,3-5H2,1-2H3,(H,14,15). The number of hydrogen-bond donors (Lipinski definition) is 2. The Kier molecular flexibility index (Phi) is 4.85. The van der Waals surface area contributed by atoms with Crippen molar-refractivity contribution in [3.05, 3.63) is 12.5 Å². The number of rotatable bonds is 7. The molecule has 0 aliphatic heterocycles. The van der Waals surface area contributed by atoms with Crippen molar-refractivity contribution in [1.29, 1.82) is 0 Å². The van der Waals surface area contributed by atoms with Gasteiger partial charge in [0.15, 0.2) is 5.03 Å². The van der Waals surface area contributed by atoms with Crippen molar-refractivity contribution < 1.29 is 18.3 Å². The van der Waals surface area contributed by atoms with Gasteiger partial charge in [-0.05, 0) is 13.3 Å². The molecule has 0 bridgehead atoms. The molecule has 2 N–H and O–H groups in total. The zero-order valence-electron chi connectivity index (χ0n) is 10.3. The van der Waals surface area contributed by atoms with E-state index in [0.717, 1.165) is 0 Å². The summed E-state index contributed by atoms with van der Waals surface area (Å²) in [6, 6.07) is -1.11. The van der Waals surface area contributed by atoms with Crippen molar-refractivity contribution in [1.82, 2.24) is 14.3 Å². The lowest BCUT2D eigenvalue weighted by atomic mass is 10.2. The molecule has 8 heteroatoms. The van der Waals surface area contributed by atoms with Crippen molar-refractivity contribution in [3.63, 3.8) is 0 Å². The van der Waals surface area contributed by atoms with E-state index in [0.29, 0.717) is 13.0 Å². The summed E-state index contributed by atoms with van der Waals surface area (Å²) >= 11 is 0. The van der Waals surface area contributed by atoms with E-state index in [1.165, 1.54) is 17.1 Å². The molecule has 102 valence electrons. The summed E-state index contributed by atoms with van der Waals surface area (Å²) in [6.07, 6.45) is 3.42. The highest BCUT2D eigenvalue weighted by molar-refractivity contribution is 7.89. The summed E-state index contributed by atoms with van der Waals surface area (Å²) in [5.74, 6) is -1.18. The van der Waals surface area contributed by atoms with Crippen LogP contribution < -0.4 is 4.72 Å². The van der Waals surface area contributed by atoms with Crippen molar-refractivity contribution in [2.45, 2.75) is 44.3 Å². The number of aromatic nitrogens is 2. The molecule has 1 unspecified atom stereocenters. The van der Waals surface area contributed by atoms with Crippen LogP contribution in [0.25, 0.3) is 0 Å². The third kappa shape index (κ3) is 3.30. The molecule has 0 spiro atoms. The third-order valence-corrected chi connectivity index (χ3v) is 3.95. The van der Waals surface area contributed by atoms with Crippen LogP contribution in [0.1, 0.15) is 26.7 Å². The zero-order valence-corrected chi connectivity index (χ0v) is 11.1. The number of carboxylic acids is 1. The smallest absolute Gasteiger partial charge is 0.321 e. The van der Waals surface area contributed by atoms with Gasteiger partial charge in [-0.2, -0.15) is 4.72 Å². The maximum Gasteiger partial charge on any atom is 0.321 e. The van der Waals surface area contributed by atoms with E-state index >= 15 is 0 Å². The second-order valence-electron chi connectivity index (χ2n) is 3.82. The number of aryl methyl sites for hydroxylation is 1. The largest absolute Gasteiger partial charge is 0.480 e. The number of hydrogen-bond acceptors (Lipinski definition) is 4. The van der Waals surface area contributed by atoms with Crippen LogP contribution in [-0.2, 0) is 21.4 Å². The number of carbonyl (C=O) groups is 1. The molecule has 0 amide bonds. The maximum atomic E-state index is 12.0. The normalized spacial score (nSPS) is 13.4. The lowest BCUT2D eigenvalue weighted by molar-refractivity contribution is -0.139. The minimum absolute atomic E-state index is 0.0210. The number of aliphatic carboxylic acids is 1. The molecule has 0 aliphatic carbocycles. The van der Waals surface area contributed by atoms with Crippen molar-refractivity contribution in [2.75, 3.05) is 0 Å². The molecule has 7 nitrogen and oxygen atoms in total. The lowest BCUT2D eigenvalue weighted by Gasteiger charge is -2.14.